The van der Waals surface area contributed by atoms with Crippen molar-refractivity contribution in [1.82, 2.24) is 0 Å². The molecule has 0 heterocycles. The van der Waals surface area contributed by atoms with Crippen molar-refractivity contribution in [3.8, 4) is 5.75 Å². The van der Waals surface area contributed by atoms with Crippen molar-refractivity contribution >= 4 is 17.9 Å². The molecule has 1 aromatic rings. The quantitative estimate of drug-likeness (QED) is 0.465. The van der Waals surface area contributed by atoms with Gasteiger partial charge in [-0.05, 0) is 31.2 Å². The summed E-state index contributed by atoms with van der Waals surface area (Å²) in [5.74, 6) is -2.83. The van der Waals surface area contributed by atoms with Crippen LogP contribution in [0.25, 0.3) is 0 Å². The third kappa shape index (κ3) is 22.1. The Kier molecular flexibility index (Phi) is 15.3. The molecule has 0 unspecified atom stereocenters. The summed E-state index contributed by atoms with van der Waals surface area (Å²) in [5.41, 5.74) is 0.179. The Balaban J connectivity index is -0.000000242. The minimum Gasteiger partial charge on any atom is -0.550 e. The van der Waals surface area contributed by atoms with E-state index in [2.05, 4.69) is 0 Å². The average Bonchev–Trinajstić information content (AvgIpc) is 2.16. The molecule has 0 aliphatic heterocycles. The Morgan fingerprint density at radius 3 is 1.47 bits per heavy atom. The number of carboxylic acids is 3. The smallest absolute Gasteiger partial charge is 0.550 e. The second-order valence-corrected chi connectivity index (χ2v) is 2.86. The molecule has 0 spiro atoms. The van der Waals surface area contributed by atoms with E-state index in [9.17, 15) is 4.79 Å². The SMILES string of the molecule is CC(=O)O.CC(=O)[O-].O=C(O)c1ccc(O)cc1.[Na+]. The van der Waals surface area contributed by atoms with Crippen molar-refractivity contribution in [3.63, 3.8) is 0 Å². The zero-order valence-electron chi connectivity index (χ0n) is 10.8. The van der Waals surface area contributed by atoms with Gasteiger partial charge in [-0.1, -0.05) is 0 Å². The summed E-state index contributed by atoms with van der Waals surface area (Å²) in [6.45, 7) is 2.06. The number of hydrogen-bond donors (Lipinski definition) is 3. The first-order valence-corrected chi connectivity index (χ1v) is 4.56. The maximum atomic E-state index is 10.2. The summed E-state index contributed by atoms with van der Waals surface area (Å²) >= 11 is 0. The van der Waals surface area contributed by atoms with Crippen molar-refractivity contribution in [2.45, 2.75) is 13.8 Å². The van der Waals surface area contributed by atoms with Crippen LogP contribution in [0.15, 0.2) is 24.3 Å². The standard InChI is InChI=1S/C7H6O3.2C2H4O2.Na/c8-6-3-1-5(2-4-6)7(9)10;2*1-2(3)4;/h1-4,8H,(H,9,10);2*1H3,(H,3,4);/q;;;+1/p-1. The summed E-state index contributed by atoms with van der Waals surface area (Å²) in [5, 5.41) is 33.4. The molecule has 0 atom stereocenters. The van der Waals surface area contributed by atoms with Gasteiger partial charge in [0.2, 0.25) is 0 Å². The number of aromatic hydroxyl groups is 1. The van der Waals surface area contributed by atoms with Gasteiger partial charge >= 0.3 is 35.5 Å². The molecular weight excluding hydrogens is 267 g/mol. The molecule has 1 aromatic carbocycles. The molecule has 0 fully saturated rings. The summed E-state index contributed by atoms with van der Waals surface area (Å²) in [4.78, 5) is 28.1. The number of phenols is 1. The van der Waals surface area contributed by atoms with Gasteiger partial charge in [-0.2, -0.15) is 0 Å². The number of rotatable bonds is 1. The zero-order chi connectivity index (χ0) is 14.7. The number of carbonyl (C=O) groups excluding carboxylic acids is 1. The zero-order valence-corrected chi connectivity index (χ0v) is 12.8. The van der Waals surface area contributed by atoms with Crippen molar-refractivity contribution in [3.05, 3.63) is 29.8 Å². The van der Waals surface area contributed by atoms with E-state index < -0.39 is 17.9 Å². The molecule has 0 bridgehead atoms. The number of hydrogen-bond acceptors (Lipinski definition) is 5. The Hall–Kier alpha value is -1.57. The van der Waals surface area contributed by atoms with Gasteiger partial charge in [-0.15, -0.1) is 0 Å². The van der Waals surface area contributed by atoms with Crippen LogP contribution in [0.4, 0.5) is 0 Å². The van der Waals surface area contributed by atoms with Crippen molar-refractivity contribution < 1.29 is 64.4 Å². The first-order chi connectivity index (χ1) is 8.16. The molecule has 19 heavy (non-hydrogen) atoms. The molecular formula is C11H13NaO7. The van der Waals surface area contributed by atoms with Gasteiger partial charge in [-0.25, -0.2) is 4.79 Å². The second kappa shape index (κ2) is 12.9. The fourth-order valence-electron chi connectivity index (χ4n) is 0.604. The average molecular weight is 280 g/mol. The van der Waals surface area contributed by atoms with E-state index in [1.54, 1.807) is 0 Å². The Bertz CT molecular complexity index is 380. The molecule has 0 aliphatic carbocycles. The molecule has 0 amide bonds. The van der Waals surface area contributed by atoms with Crippen LogP contribution < -0.4 is 34.7 Å². The van der Waals surface area contributed by atoms with E-state index in [4.69, 9.17) is 30.0 Å². The Labute approximate surface area is 131 Å². The van der Waals surface area contributed by atoms with Crippen LogP contribution in [0, 0.1) is 0 Å². The number of aromatic carboxylic acids is 1. The third-order valence-electron chi connectivity index (χ3n) is 1.11. The molecule has 0 saturated heterocycles. The minimum absolute atomic E-state index is 0. The number of benzene rings is 1. The van der Waals surface area contributed by atoms with Crippen molar-refractivity contribution in [2.75, 3.05) is 0 Å². The fourth-order valence-corrected chi connectivity index (χ4v) is 0.604. The third-order valence-corrected chi connectivity index (χ3v) is 1.11. The van der Waals surface area contributed by atoms with Gasteiger partial charge in [0.25, 0.3) is 5.97 Å². The van der Waals surface area contributed by atoms with Crippen LogP contribution in [0.2, 0.25) is 0 Å². The maximum Gasteiger partial charge on any atom is 1.00 e. The number of aliphatic carboxylic acids is 2. The van der Waals surface area contributed by atoms with Gasteiger partial charge in [0.1, 0.15) is 5.75 Å². The molecule has 7 nitrogen and oxygen atoms in total. The topological polar surface area (TPSA) is 135 Å². The van der Waals surface area contributed by atoms with Crippen LogP contribution in [0.1, 0.15) is 24.2 Å². The van der Waals surface area contributed by atoms with Crippen LogP contribution in [-0.2, 0) is 9.59 Å². The van der Waals surface area contributed by atoms with Gasteiger partial charge in [0.05, 0.1) is 5.56 Å². The molecule has 3 N–H and O–H groups in total. The molecule has 0 radical (unpaired) electrons. The molecule has 8 heteroatoms. The van der Waals surface area contributed by atoms with E-state index in [0.29, 0.717) is 0 Å². The summed E-state index contributed by atoms with van der Waals surface area (Å²) in [7, 11) is 0. The minimum atomic E-state index is -1.08. The predicted molar refractivity (Wildman–Crippen MR) is 59.1 cm³/mol. The second-order valence-electron chi connectivity index (χ2n) is 2.86. The normalized spacial score (nSPS) is 7.47. The van der Waals surface area contributed by atoms with E-state index in [1.165, 1.54) is 24.3 Å². The van der Waals surface area contributed by atoms with Crippen LogP contribution in [-0.4, -0.2) is 33.2 Å². The fraction of sp³-hybridized carbons (Fsp3) is 0.182. The van der Waals surface area contributed by atoms with Crippen LogP contribution >= 0.6 is 0 Å². The molecule has 100 valence electrons. The first kappa shape index (κ1) is 22.6. The summed E-state index contributed by atoms with van der Waals surface area (Å²) in [6, 6.07) is 5.36. The van der Waals surface area contributed by atoms with Crippen LogP contribution in [0.3, 0.4) is 0 Å². The van der Waals surface area contributed by atoms with Crippen LogP contribution in [0.5, 0.6) is 5.75 Å². The van der Waals surface area contributed by atoms with Gasteiger partial charge < -0.3 is 25.2 Å². The number of phenolic OH excluding ortho intramolecular Hbond substituents is 1. The van der Waals surface area contributed by atoms with Gasteiger partial charge in [0, 0.05) is 12.9 Å². The number of carbonyl (C=O) groups is 3. The van der Waals surface area contributed by atoms with Gasteiger partial charge in [0.15, 0.2) is 0 Å². The van der Waals surface area contributed by atoms with E-state index in [1.807, 2.05) is 0 Å². The van der Waals surface area contributed by atoms with Gasteiger partial charge in [-0.3, -0.25) is 4.79 Å². The van der Waals surface area contributed by atoms with Crippen molar-refractivity contribution in [1.29, 1.82) is 0 Å². The maximum absolute atomic E-state index is 10.2. The van der Waals surface area contributed by atoms with E-state index in [0.717, 1.165) is 13.8 Å². The van der Waals surface area contributed by atoms with E-state index in [-0.39, 0.29) is 40.9 Å². The largest absolute Gasteiger partial charge is 1.00 e. The molecule has 1 rings (SSSR count). The molecule has 0 aliphatic rings. The first-order valence-electron chi connectivity index (χ1n) is 4.56. The monoisotopic (exact) mass is 280 g/mol. The Morgan fingerprint density at radius 2 is 1.26 bits per heavy atom. The Morgan fingerprint density at radius 1 is 1.00 bits per heavy atom. The summed E-state index contributed by atoms with van der Waals surface area (Å²) in [6.07, 6.45) is 0. The summed E-state index contributed by atoms with van der Waals surface area (Å²) < 4.78 is 0. The molecule has 0 saturated carbocycles. The van der Waals surface area contributed by atoms with E-state index >= 15 is 0 Å². The molecule has 0 aromatic heterocycles. The predicted octanol–water partition coefficient (Wildman–Crippen LogP) is -3.06. The number of carboxylic acid groups (broad SMARTS) is 3. The van der Waals surface area contributed by atoms with Crippen molar-refractivity contribution in [2.24, 2.45) is 0 Å².